The molecule has 3 fully saturated rings. The molecule has 124 valence electrons. The molecule has 1 aliphatic carbocycles. The molecule has 1 spiro atoms. The van der Waals surface area contributed by atoms with Gasteiger partial charge >= 0.3 is 0 Å². The summed E-state index contributed by atoms with van der Waals surface area (Å²) in [7, 11) is 0. The monoisotopic (exact) mass is 315 g/mol. The van der Waals surface area contributed by atoms with E-state index in [1.165, 1.54) is 19.3 Å². The predicted octanol–water partition coefficient (Wildman–Crippen LogP) is 2.81. The Morgan fingerprint density at radius 3 is 2.91 bits per heavy atom. The fourth-order valence-electron chi connectivity index (χ4n) is 4.30. The minimum absolute atomic E-state index is 0.0326. The van der Waals surface area contributed by atoms with Gasteiger partial charge in [-0.05, 0) is 45.1 Å². The van der Waals surface area contributed by atoms with Crippen LogP contribution < -0.4 is 0 Å². The highest BCUT2D eigenvalue weighted by atomic mass is 16.5. The topological polar surface area (TPSA) is 49.6 Å². The molecule has 1 atom stereocenters. The lowest BCUT2D eigenvalue weighted by atomic mass is 9.86. The highest BCUT2D eigenvalue weighted by Gasteiger charge is 2.44. The molecule has 2 aliphatic heterocycles. The summed E-state index contributed by atoms with van der Waals surface area (Å²) in [6.45, 7) is 7.55. The van der Waals surface area contributed by atoms with Crippen molar-refractivity contribution in [1.29, 1.82) is 0 Å². The molecule has 1 amide bonds. The maximum Gasteiger partial charge on any atom is 0.276 e. The van der Waals surface area contributed by atoms with Crippen LogP contribution >= 0.6 is 0 Å². The van der Waals surface area contributed by atoms with Crippen LogP contribution in [0.4, 0.5) is 0 Å². The molecule has 1 saturated carbocycles. The zero-order chi connectivity index (χ0) is 15.9. The van der Waals surface area contributed by atoms with Crippen LogP contribution in [0.15, 0.2) is 23.2 Å². The first-order valence-corrected chi connectivity index (χ1v) is 8.84. The van der Waals surface area contributed by atoms with Gasteiger partial charge in [0.15, 0.2) is 5.69 Å². The molecule has 3 heterocycles. The zero-order valence-corrected chi connectivity index (χ0v) is 13.7. The second kappa shape index (κ2) is 5.78. The Morgan fingerprint density at radius 2 is 2.17 bits per heavy atom. The molecule has 4 rings (SSSR count). The number of piperidine rings is 1. The Kier molecular flexibility index (Phi) is 3.76. The van der Waals surface area contributed by atoms with E-state index in [4.69, 9.17) is 4.52 Å². The second-order valence-electron chi connectivity index (χ2n) is 7.28. The summed E-state index contributed by atoms with van der Waals surface area (Å²) in [5.74, 6) is 1.41. The maximum absolute atomic E-state index is 12.8. The molecular weight excluding hydrogens is 290 g/mol. The number of likely N-dealkylation sites (tertiary alicyclic amines) is 2. The third-order valence-electron chi connectivity index (χ3n) is 5.66. The van der Waals surface area contributed by atoms with Crippen molar-refractivity contribution < 1.29 is 9.32 Å². The fraction of sp³-hybridized carbons (Fsp3) is 0.667. The summed E-state index contributed by atoms with van der Waals surface area (Å²) in [5.41, 5.74) is 0.628. The van der Waals surface area contributed by atoms with Crippen LogP contribution in [0.2, 0.25) is 0 Å². The molecule has 3 aliphatic rings. The molecule has 0 bridgehead atoms. The molecule has 0 radical (unpaired) electrons. The first-order chi connectivity index (χ1) is 11.2. The molecule has 0 aromatic carbocycles. The van der Waals surface area contributed by atoms with Crippen LogP contribution in [0.1, 0.15) is 60.7 Å². The van der Waals surface area contributed by atoms with E-state index in [0.29, 0.717) is 11.6 Å². The van der Waals surface area contributed by atoms with Crippen LogP contribution in [0, 0.1) is 0 Å². The van der Waals surface area contributed by atoms with Crippen LogP contribution in [0.3, 0.4) is 0 Å². The second-order valence-corrected chi connectivity index (χ2v) is 7.28. The molecule has 0 N–H and O–H groups in total. The van der Waals surface area contributed by atoms with E-state index < -0.39 is 0 Å². The number of aromatic nitrogens is 1. The van der Waals surface area contributed by atoms with E-state index in [1.54, 1.807) is 0 Å². The van der Waals surface area contributed by atoms with E-state index in [-0.39, 0.29) is 11.4 Å². The zero-order valence-electron chi connectivity index (χ0n) is 13.7. The van der Waals surface area contributed by atoms with Crippen molar-refractivity contribution in [3.63, 3.8) is 0 Å². The minimum atomic E-state index is 0.0326. The van der Waals surface area contributed by atoms with Crippen LogP contribution in [-0.4, -0.2) is 52.6 Å². The molecule has 5 nitrogen and oxygen atoms in total. The Labute approximate surface area is 137 Å². The smallest absolute Gasteiger partial charge is 0.276 e. The first-order valence-electron chi connectivity index (χ1n) is 8.84. The van der Waals surface area contributed by atoms with E-state index in [2.05, 4.69) is 16.6 Å². The van der Waals surface area contributed by atoms with Gasteiger partial charge in [0, 0.05) is 37.2 Å². The number of hydrogen-bond donors (Lipinski definition) is 0. The summed E-state index contributed by atoms with van der Waals surface area (Å²) in [4.78, 5) is 17.3. The van der Waals surface area contributed by atoms with Crippen molar-refractivity contribution in [2.75, 3.05) is 26.2 Å². The van der Waals surface area contributed by atoms with Crippen molar-refractivity contribution in [1.82, 2.24) is 15.0 Å². The van der Waals surface area contributed by atoms with Gasteiger partial charge in [-0.3, -0.25) is 9.69 Å². The molecule has 5 heteroatoms. The number of hydrogen-bond acceptors (Lipinski definition) is 4. The van der Waals surface area contributed by atoms with E-state index in [1.807, 2.05) is 17.0 Å². The third-order valence-corrected chi connectivity index (χ3v) is 5.66. The number of rotatable bonds is 4. The summed E-state index contributed by atoms with van der Waals surface area (Å²) < 4.78 is 5.36. The van der Waals surface area contributed by atoms with Crippen LogP contribution in [0.5, 0.6) is 0 Å². The fourth-order valence-corrected chi connectivity index (χ4v) is 4.30. The minimum Gasteiger partial charge on any atom is -0.360 e. The van der Waals surface area contributed by atoms with Gasteiger partial charge < -0.3 is 9.42 Å². The van der Waals surface area contributed by atoms with Gasteiger partial charge in [0.1, 0.15) is 5.76 Å². The lowest BCUT2D eigenvalue weighted by molar-refractivity contribution is 0.0359. The molecular formula is C18H25N3O2. The average molecular weight is 315 g/mol. The van der Waals surface area contributed by atoms with Gasteiger partial charge in [-0.25, -0.2) is 0 Å². The predicted molar refractivity (Wildman–Crippen MR) is 87.4 cm³/mol. The number of carbonyl (C=O) groups excluding carboxylic acids is 1. The van der Waals surface area contributed by atoms with E-state index in [9.17, 15) is 4.79 Å². The number of amides is 1. The largest absolute Gasteiger partial charge is 0.360 e. The molecule has 23 heavy (non-hydrogen) atoms. The summed E-state index contributed by atoms with van der Waals surface area (Å²) in [6, 6.07) is 1.86. The van der Waals surface area contributed by atoms with E-state index >= 15 is 0 Å². The maximum atomic E-state index is 12.8. The van der Waals surface area contributed by atoms with Crippen molar-refractivity contribution in [3.8, 4) is 0 Å². The number of carbonyl (C=O) groups is 1. The van der Waals surface area contributed by atoms with Crippen molar-refractivity contribution >= 4 is 5.91 Å². The highest BCUT2D eigenvalue weighted by molar-refractivity contribution is 5.92. The first kappa shape index (κ1) is 14.9. The number of nitrogens with zero attached hydrogens (tertiary/aromatic N) is 3. The van der Waals surface area contributed by atoms with Gasteiger partial charge in [-0.2, -0.15) is 0 Å². The van der Waals surface area contributed by atoms with Crippen LogP contribution in [-0.2, 0) is 0 Å². The Balaban J connectivity index is 1.49. The average Bonchev–Trinajstić information content (AvgIpc) is 3.19. The molecule has 1 aromatic heterocycles. The molecule has 2 saturated heterocycles. The van der Waals surface area contributed by atoms with Crippen molar-refractivity contribution in [2.24, 2.45) is 0 Å². The van der Waals surface area contributed by atoms with Gasteiger partial charge in [0.25, 0.3) is 5.91 Å². The molecule has 1 aromatic rings. The standard InChI is InChI=1S/C18H25N3O2/c1-2-9-21-11-4-8-18(21)7-3-10-20(13-18)17(22)15-12-16(23-19-15)14-5-6-14/h2,12,14H,1,3-11,13H2. The van der Waals surface area contributed by atoms with Gasteiger partial charge in [0.05, 0.1) is 0 Å². The lowest BCUT2D eigenvalue weighted by Gasteiger charge is -2.45. The van der Waals surface area contributed by atoms with Gasteiger partial charge in [0.2, 0.25) is 0 Å². The SMILES string of the molecule is C=CCN1CCCC12CCCN(C(=O)c1cc(C3CC3)on1)C2. The van der Waals surface area contributed by atoms with Gasteiger partial charge in [-0.15, -0.1) is 6.58 Å². The lowest BCUT2D eigenvalue weighted by Crippen LogP contribution is -2.56. The van der Waals surface area contributed by atoms with Crippen molar-refractivity contribution in [2.45, 2.75) is 50.0 Å². The van der Waals surface area contributed by atoms with E-state index in [0.717, 1.165) is 51.2 Å². The third kappa shape index (κ3) is 2.71. The summed E-state index contributed by atoms with van der Waals surface area (Å²) >= 11 is 0. The summed E-state index contributed by atoms with van der Waals surface area (Å²) in [5, 5.41) is 4.03. The van der Waals surface area contributed by atoms with Crippen molar-refractivity contribution in [3.05, 3.63) is 30.2 Å². The molecule has 1 unspecified atom stereocenters. The highest BCUT2D eigenvalue weighted by Crippen LogP contribution is 2.41. The quantitative estimate of drug-likeness (QED) is 0.802. The Bertz CT molecular complexity index is 607. The Morgan fingerprint density at radius 1 is 1.39 bits per heavy atom. The van der Waals surface area contributed by atoms with Gasteiger partial charge in [-0.1, -0.05) is 11.2 Å². The normalized spacial score (nSPS) is 28.4. The Hall–Kier alpha value is -1.62. The summed E-state index contributed by atoms with van der Waals surface area (Å²) in [6.07, 6.45) is 8.93. The van der Waals surface area contributed by atoms with Crippen LogP contribution in [0.25, 0.3) is 0 Å².